The quantitative estimate of drug-likeness (QED) is 0.508. The third-order valence-electron chi connectivity index (χ3n) is 6.08. The Labute approximate surface area is 195 Å². The molecule has 182 valence electrons. The molecule has 0 radical (unpaired) electrons. The van der Waals surface area contributed by atoms with Gasteiger partial charge in [0.1, 0.15) is 4.90 Å². The lowest BCUT2D eigenvalue weighted by Crippen LogP contribution is -2.50. The van der Waals surface area contributed by atoms with E-state index in [0.29, 0.717) is 18.6 Å². The van der Waals surface area contributed by atoms with E-state index in [2.05, 4.69) is 10.1 Å². The number of benzene rings is 1. The van der Waals surface area contributed by atoms with Gasteiger partial charge in [0, 0.05) is 50.1 Å². The maximum atomic E-state index is 14.0. The van der Waals surface area contributed by atoms with Gasteiger partial charge in [-0.1, -0.05) is 0 Å². The fraction of sp³-hybridized carbons (Fsp3) is 0.409. The molecule has 0 aliphatic carbocycles. The van der Waals surface area contributed by atoms with Crippen LogP contribution in [0.25, 0.3) is 5.65 Å². The van der Waals surface area contributed by atoms with Crippen LogP contribution < -0.4 is 0 Å². The number of carbonyl (C=O) groups excluding carboxylic acids is 1. The molecule has 1 aliphatic heterocycles. The Morgan fingerprint density at radius 3 is 2.38 bits per heavy atom. The van der Waals surface area contributed by atoms with Crippen molar-refractivity contribution in [1.82, 2.24) is 23.8 Å². The molecule has 12 heteroatoms. The maximum Gasteiger partial charge on any atom is 0.246 e. The predicted molar refractivity (Wildman–Crippen MR) is 117 cm³/mol. The monoisotopic (exact) mass is 495 g/mol. The van der Waals surface area contributed by atoms with Gasteiger partial charge in [0.05, 0.1) is 5.69 Å². The number of carbonyl (C=O) groups is 1. The molecule has 0 unspecified atom stereocenters. The van der Waals surface area contributed by atoms with Crippen molar-refractivity contribution >= 4 is 21.6 Å². The molecule has 1 saturated heterocycles. The predicted octanol–water partition coefficient (Wildman–Crippen LogP) is 2.54. The summed E-state index contributed by atoms with van der Waals surface area (Å²) in [4.78, 5) is 18.0. The summed E-state index contributed by atoms with van der Waals surface area (Å²) in [5.41, 5.74) is 4.26. The molecule has 1 fully saturated rings. The zero-order valence-corrected chi connectivity index (χ0v) is 19.8. The number of aromatic nitrogens is 3. The van der Waals surface area contributed by atoms with Crippen LogP contribution >= 0.6 is 0 Å². The Hall–Kier alpha value is -2.99. The Kier molecular flexibility index (Phi) is 6.38. The zero-order valence-electron chi connectivity index (χ0n) is 19.0. The van der Waals surface area contributed by atoms with E-state index in [9.17, 15) is 26.4 Å². The lowest BCUT2D eigenvalue weighted by molar-refractivity contribution is -0.132. The minimum atomic E-state index is -4.37. The number of hydrogen-bond acceptors (Lipinski definition) is 5. The lowest BCUT2D eigenvalue weighted by atomic mass is 10.1. The minimum Gasteiger partial charge on any atom is -0.340 e. The third kappa shape index (κ3) is 4.27. The van der Waals surface area contributed by atoms with Gasteiger partial charge in [-0.25, -0.2) is 31.1 Å². The smallest absolute Gasteiger partial charge is 0.246 e. The summed E-state index contributed by atoms with van der Waals surface area (Å²) in [7, 11) is -4.37. The molecular formula is C22H24F3N5O3S. The van der Waals surface area contributed by atoms with Gasteiger partial charge < -0.3 is 4.90 Å². The van der Waals surface area contributed by atoms with Crippen molar-refractivity contribution < 1.29 is 26.4 Å². The van der Waals surface area contributed by atoms with E-state index in [1.54, 1.807) is 9.42 Å². The topological polar surface area (TPSA) is 87.9 Å². The van der Waals surface area contributed by atoms with Gasteiger partial charge in [-0.2, -0.15) is 9.40 Å². The van der Waals surface area contributed by atoms with Crippen molar-refractivity contribution in [1.29, 1.82) is 0 Å². The van der Waals surface area contributed by atoms with Crippen LogP contribution in [0.5, 0.6) is 0 Å². The van der Waals surface area contributed by atoms with Crippen molar-refractivity contribution in [2.45, 2.75) is 38.5 Å². The Balaban J connectivity index is 1.41. The molecule has 3 aromatic rings. The number of fused-ring (bicyclic) bond motifs is 1. The molecule has 4 rings (SSSR count). The number of hydrogen-bond donors (Lipinski definition) is 0. The Bertz CT molecular complexity index is 1380. The minimum absolute atomic E-state index is 0.0787. The van der Waals surface area contributed by atoms with E-state index in [0.717, 1.165) is 32.6 Å². The van der Waals surface area contributed by atoms with Crippen LogP contribution in [0.15, 0.2) is 23.1 Å². The number of sulfonamides is 1. The van der Waals surface area contributed by atoms with Crippen molar-refractivity contribution in [3.05, 3.63) is 58.3 Å². The summed E-state index contributed by atoms with van der Waals surface area (Å²) in [5, 5.41) is 4.43. The first-order valence-electron chi connectivity index (χ1n) is 10.7. The molecule has 1 aliphatic rings. The van der Waals surface area contributed by atoms with E-state index < -0.39 is 32.4 Å². The van der Waals surface area contributed by atoms with Crippen LogP contribution in [-0.4, -0.2) is 64.3 Å². The van der Waals surface area contributed by atoms with Crippen molar-refractivity contribution in [2.24, 2.45) is 0 Å². The molecule has 0 spiro atoms. The van der Waals surface area contributed by atoms with Crippen LogP contribution in [-0.2, 0) is 21.2 Å². The fourth-order valence-corrected chi connectivity index (χ4v) is 5.70. The van der Waals surface area contributed by atoms with Gasteiger partial charge in [0.15, 0.2) is 23.1 Å². The molecule has 0 atom stereocenters. The average Bonchev–Trinajstić information content (AvgIpc) is 3.17. The number of halogens is 3. The highest BCUT2D eigenvalue weighted by atomic mass is 32.2. The second-order valence-corrected chi connectivity index (χ2v) is 10.2. The fourth-order valence-electron chi connectivity index (χ4n) is 4.22. The summed E-state index contributed by atoms with van der Waals surface area (Å²) in [5.74, 6) is -5.19. The van der Waals surface area contributed by atoms with Gasteiger partial charge in [-0.3, -0.25) is 4.79 Å². The molecule has 0 saturated carbocycles. The Morgan fingerprint density at radius 2 is 1.71 bits per heavy atom. The molecule has 8 nitrogen and oxygen atoms in total. The number of rotatable bonds is 5. The molecule has 1 aromatic carbocycles. The summed E-state index contributed by atoms with van der Waals surface area (Å²) in [6.45, 7) is 5.75. The number of aryl methyl sites for hydroxylation is 3. The summed E-state index contributed by atoms with van der Waals surface area (Å²) >= 11 is 0. The van der Waals surface area contributed by atoms with Crippen molar-refractivity contribution in [2.75, 3.05) is 26.2 Å². The standard InChI is InChI=1S/C22H24F3N5O3S/c1-13-12-19-26-14(2)16(15(3)30(19)27-13)4-7-20(31)28-8-10-29(11-9-28)34(32,33)18-6-5-17(23)21(24)22(18)25/h5-6,12H,4,7-11H2,1-3H3. The second kappa shape index (κ2) is 8.99. The summed E-state index contributed by atoms with van der Waals surface area (Å²) < 4.78 is 68.9. The maximum absolute atomic E-state index is 14.0. The highest BCUT2D eigenvalue weighted by Gasteiger charge is 2.33. The van der Waals surface area contributed by atoms with Crippen LogP contribution in [0.1, 0.15) is 29.1 Å². The SMILES string of the molecule is Cc1cc2nc(C)c(CCC(=O)N3CCN(S(=O)(=O)c4ccc(F)c(F)c4F)CC3)c(C)n2n1. The van der Waals surface area contributed by atoms with Gasteiger partial charge in [0.25, 0.3) is 0 Å². The zero-order chi connectivity index (χ0) is 24.8. The third-order valence-corrected chi connectivity index (χ3v) is 8.00. The van der Waals surface area contributed by atoms with E-state index >= 15 is 0 Å². The molecule has 3 heterocycles. The van der Waals surface area contributed by atoms with E-state index in [4.69, 9.17) is 0 Å². The van der Waals surface area contributed by atoms with E-state index in [1.807, 2.05) is 26.8 Å². The lowest BCUT2D eigenvalue weighted by Gasteiger charge is -2.34. The van der Waals surface area contributed by atoms with Crippen LogP contribution in [0.4, 0.5) is 13.2 Å². The van der Waals surface area contributed by atoms with Crippen molar-refractivity contribution in [3.63, 3.8) is 0 Å². The van der Waals surface area contributed by atoms with Gasteiger partial charge >= 0.3 is 0 Å². The first-order valence-corrected chi connectivity index (χ1v) is 12.2. The van der Waals surface area contributed by atoms with Crippen LogP contribution in [0.2, 0.25) is 0 Å². The highest BCUT2D eigenvalue weighted by Crippen LogP contribution is 2.24. The first-order chi connectivity index (χ1) is 16.0. The molecule has 34 heavy (non-hydrogen) atoms. The Morgan fingerprint density at radius 1 is 1.03 bits per heavy atom. The van der Waals surface area contributed by atoms with Gasteiger partial charge in [0.2, 0.25) is 15.9 Å². The van der Waals surface area contributed by atoms with E-state index in [1.165, 1.54) is 0 Å². The van der Waals surface area contributed by atoms with Crippen LogP contribution in [0, 0.1) is 38.2 Å². The second-order valence-electron chi connectivity index (χ2n) is 8.28. The molecule has 2 aromatic heterocycles. The van der Waals surface area contributed by atoms with E-state index in [-0.39, 0.29) is 38.5 Å². The molecule has 0 N–H and O–H groups in total. The van der Waals surface area contributed by atoms with Gasteiger partial charge in [-0.15, -0.1) is 0 Å². The largest absolute Gasteiger partial charge is 0.340 e. The number of nitrogens with zero attached hydrogens (tertiary/aromatic N) is 5. The summed E-state index contributed by atoms with van der Waals surface area (Å²) in [6, 6.07) is 3.16. The van der Waals surface area contributed by atoms with Crippen molar-refractivity contribution in [3.8, 4) is 0 Å². The van der Waals surface area contributed by atoms with Gasteiger partial charge in [-0.05, 0) is 44.9 Å². The molecule has 1 amide bonds. The first kappa shape index (κ1) is 24.1. The summed E-state index contributed by atoms with van der Waals surface area (Å²) in [6.07, 6.45) is 0.663. The molecular weight excluding hydrogens is 471 g/mol. The highest BCUT2D eigenvalue weighted by molar-refractivity contribution is 7.89. The van der Waals surface area contributed by atoms with Crippen LogP contribution in [0.3, 0.4) is 0 Å². The number of amides is 1. The average molecular weight is 496 g/mol. The molecule has 0 bridgehead atoms. The normalized spacial score (nSPS) is 15.3. The number of piperazine rings is 1.